The Bertz CT molecular complexity index is 243. The van der Waals surface area contributed by atoms with Crippen molar-refractivity contribution in [3.05, 3.63) is 12.2 Å². The summed E-state index contributed by atoms with van der Waals surface area (Å²) in [5.41, 5.74) is 0. The molecule has 0 radical (unpaired) electrons. The van der Waals surface area contributed by atoms with E-state index in [1.807, 2.05) is 6.08 Å². The van der Waals surface area contributed by atoms with Gasteiger partial charge in [-0.05, 0) is 32.1 Å². The summed E-state index contributed by atoms with van der Waals surface area (Å²) in [5, 5.41) is 0. The van der Waals surface area contributed by atoms with Gasteiger partial charge in [0, 0.05) is 6.42 Å². The fourth-order valence-electron chi connectivity index (χ4n) is 1.59. The number of Topliss-reactive ketones (excluding diaryl/α,β-unsaturated/α-hetero) is 1. The van der Waals surface area contributed by atoms with Gasteiger partial charge in [0.2, 0.25) is 5.78 Å². The Morgan fingerprint density at radius 1 is 1.50 bits per heavy atom. The van der Waals surface area contributed by atoms with Gasteiger partial charge in [0.1, 0.15) is 0 Å². The summed E-state index contributed by atoms with van der Waals surface area (Å²) in [7, 11) is 0. The van der Waals surface area contributed by atoms with Crippen LogP contribution in [0, 0.1) is 5.92 Å². The first-order valence-electron chi connectivity index (χ1n) is 5.10. The maximum absolute atomic E-state index is 11.3. The van der Waals surface area contributed by atoms with E-state index < -0.39 is 11.8 Å². The lowest BCUT2D eigenvalue weighted by molar-refractivity contribution is -0.153. The van der Waals surface area contributed by atoms with Crippen molar-refractivity contribution >= 4 is 11.8 Å². The van der Waals surface area contributed by atoms with E-state index in [-0.39, 0.29) is 12.5 Å². The van der Waals surface area contributed by atoms with E-state index in [1.54, 1.807) is 6.92 Å². The normalized spacial score (nSPS) is 20.5. The fraction of sp³-hybridized carbons (Fsp3) is 0.636. The molecule has 0 aromatic rings. The minimum Gasteiger partial charge on any atom is -0.460 e. The number of rotatable bonds is 4. The number of carbonyl (C=O) groups excluding carboxylic acids is 2. The predicted molar refractivity (Wildman–Crippen MR) is 52.7 cm³/mol. The molecular weight excluding hydrogens is 180 g/mol. The highest BCUT2D eigenvalue weighted by atomic mass is 16.5. The highest BCUT2D eigenvalue weighted by Gasteiger charge is 2.19. The number of hydrogen-bond donors (Lipinski definition) is 0. The van der Waals surface area contributed by atoms with Crippen molar-refractivity contribution in [2.24, 2.45) is 5.92 Å². The fourth-order valence-corrected chi connectivity index (χ4v) is 1.59. The molecule has 0 amide bonds. The number of ketones is 1. The molecule has 1 rings (SSSR count). The van der Waals surface area contributed by atoms with Crippen molar-refractivity contribution in [1.29, 1.82) is 0 Å². The molecule has 14 heavy (non-hydrogen) atoms. The summed E-state index contributed by atoms with van der Waals surface area (Å²) >= 11 is 0. The number of allylic oxidation sites excluding steroid dienone is 2. The summed E-state index contributed by atoms with van der Waals surface area (Å²) in [6.45, 7) is 1.97. The van der Waals surface area contributed by atoms with Crippen LogP contribution in [0.15, 0.2) is 12.2 Å². The summed E-state index contributed by atoms with van der Waals surface area (Å²) in [6, 6.07) is 0. The van der Waals surface area contributed by atoms with Crippen LogP contribution >= 0.6 is 0 Å². The van der Waals surface area contributed by atoms with Gasteiger partial charge in [-0.15, -0.1) is 0 Å². The molecule has 0 N–H and O–H groups in total. The van der Waals surface area contributed by atoms with E-state index in [9.17, 15) is 9.59 Å². The zero-order valence-electron chi connectivity index (χ0n) is 8.49. The summed E-state index contributed by atoms with van der Waals surface area (Å²) < 4.78 is 4.63. The van der Waals surface area contributed by atoms with Crippen molar-refractivity contribution in [2.75, 3.05) is 6.61 Å². The maximum Gasteiger partial charge on any atom is 0.374 e. The van der Waals surface area contributed by atoms with Crippen molar-refractivity contribution in [1.82, 2.24) is 0 Å². The molecule has 78 valence electrons. The zero-order valence-corrected chi connectivity index (χ0v) is 8.49. The molecule has 0 aromatic heterocycles. The van der Waals surface area contributed by atoms with E-state index in [2.05, 4.69) is 10.8 Å². The third-order valence-corrected chi connectivity index (χ3v) is 2.30. The van der Waals surface area contributed by atoms with Gasteiger partial charge in [0.15, 0.2) is 0 Å². The second kappa shape index (κ2) is 5.58. The standard InChI is InChI=1S/C11H16O3/c1-2-14-11(13)10(12)8-9-6-4-3-5-7-9/h4,6,9H,2-3,5,7-8H2,1H3. The van der Waals surface area contributed by atoms with Gasteiger partial charge in [-0.1, -0.05) is 12.2 Å². The Morgan fingerprint density at radius 2 is 2.29 bits per heavy atom. The van der Waals surface area contributed by atoms with Crippen molar-refractivity contribution in [3.8, 4) is 0 Å². The number of hydrogen-bond acceptors (Lipinski definition) is 3. The first-order valence-corrected chi connectivity index (χ1v) is 5.10. The zero-order chi connectivity index (χ0) is 10.4. The van der Waals surface area contributed by atoms with E-state index in [1.165, 1.54) is 0 Å². The first kappa shape index (κ1) is 11.0. The minimum atomic E-state index is -0.688. The predicted octanol–water partition coefficient (Wildman–Crippen LogP) is 1.86. The minimum absolute atomic E-state index is 0.237. The van der Waals surface area contributed by atoms with Crippen LogP contribution in [0.3, 0.4) is 0 Å². The third kappa shape index (κ3) is 3.32. The Kier molecular flexibility index (Phi) is 4.36. The summed E-state index contributed by atoms with van der Waals surface area (Å²) in [4.78, 5) is 22.3. The van der Waals surface area contributed by atoms with E-state index in [4.69, 9.17) is 0 Å². The van der Waals surface area contributed by atoms with Gasteiger partial charge in [0.25, 0.3) is 0 Å². The van der Waals surface area contributed by atoms with Crippen LogP contribution in [-0.2, 0) is 14.3 Å². The highest BCUT2D eigenvalue weighted by molar-refractivity contribution is 6.33. The highest BCUT2D eigenvalue weighted by Crippen LogP contribution is 2.20. The van der Waals surface area contributed by atoms with Gasteiger partial charge in [-0.3, -0.25) is 4.79 Å². The molecule has 1 unspecified atom stereocenters. The summed E-state index contributed by atoms with van der Waals surface area (Å²) in [5.74, 6) is -0.851. The average Bonchev–Trinajstić information content (AvgIpc) is 2.19. The van der Waals surface area contributed by atoms with E-state index >= 15 is 0 Å². The molecule has 0 saturated heterocycles. The van der Waals surface area contributed by atoms with Gasteiger partial charge in [-0.25, -0.2) is 4.79 Å². The van der Waals surface area contributed by atoms with Crippen LogP contribution in [0.25, 0.3) is 0 Å². The second-order valence-corrected chi connectivity index (χ2v) is 3.47. The Hall–Kier alpha value is -1.12. The van der Waals surface area contributed by atoms with Crippen LogP contribution in [0.5, 0.6) is 0 Å². The van der Waals surface area contributed by atoms with E-state index in [0.717, 1.165) is 19.3 Å². The first-order chi connectivity index (χ1) is 6.74. The smallest absolute Gasteiger partial charge is 0.374 e. The molecule has 0 saturated carbocycles. The monoisotopic (exact) mass is 196 g/mol. The molecular formula is C11H16O3. The molecule has 0 aromatic carbocycles. The van der Waals surface area contributed by atoms with E-state index in [0.29, 0.717) is 6.42 Å². The lowest BCUT2D eigenvalue weighted by atomic mass is 9.91. The summed E-state index contributed by atoms with van der Waals surface area (Å²) in [6.07, 6.45) is 7.60. The van der Waals surface area contributed by atoms with Gasteiger partial charge < -0.3 is 4.74 Å². The Labute approximate surface area is 84.1 Å². The SMILES string of the molecule is CCOC(=O)C(=O)CC1C=CCCC1. The van der Waals surface area contributed by atoms with Gasteiger partial charge in [-0.2, -0.15) is 0 Å². The second-order valence-electron chi connectivity index (χ2n) is 3.47. The number of esters is 1. The number of carbonyl (C=O) groups is 2. The number of ether oxygens (including phenoxy) is 1. The van der Waals surface area contributed by atoms with Crippen molar-refractivity contribution < 1.29 is 14.3 Å². The van der Waals surface area contributed by atoms with Crippen LogP contribution in [0.1, 0.15) is 32.6 Å². The van der Waals surface area contributed by atoms with Crippen LogP contribution in [0.4, 0.5) is 0 Å². The molecule has 3 nitrogen and oxygen atoms in total. The molecule has 0 spiro atoms. The van der Waals surface area contributed by atoms with Gasteiger partial charge >= 0.3 is 5.97 Å². The Balaban J connectivity index is 2.35. The third-order valence-electron chi connectivity index (χ3n) is 2.30. The molecule has 1 aliphatic rings. The quantitative estimate of drug-likeness (QED) is 0.391. The average molecular weight is 196 g/mol. The topological polar surface area (TPSA) is 43.4 Å². The van der Waals surface area contributed by atoms with Crippen LogP contribution in [-0.4, -0.2) is 18.4 Å². The van der Waals surface area contributed by atoms with Gasteiger partial charge in [0.05, 0.1) is 6.61 Å². The maximum atomic E-state index is 11.3. The molecule has 0 heterocycles. The van der Waals surface area contributed by atoms with Crippen molar-refractivity contribution in [2.45, 2.75) is 32.6 Å². The molecule has 1 atom stereocenters. The van der Waals surface area contributed by atoms with Crippen LogP contribution < -0.4 is 0 Å². The molecule has 0 bridgehead atoms. The van der Waals surface area contributed by atoms with Crippen LogP contribution in [0.2, 0.25) is 0 Å². The molecule has 0 aliphatic heterocycles. The lowest BCUT2D eigenvalue weighted by Gasteiger charge is -2.14. The molecule has 0 fully saturated rings. The largest absolute Gasteiger partial charge is 0.460 e. The Morgan fingerprint density at radius 3 is 2.86 bits per heavy atom. The molecule has 3 heteroatoms. The van der Waals surface area contributed by atoms with Crippen molar-refractivity contribution in [3.63, 3.8) is 0 Å². The lowest BCUT2D eigenvalue weighted by Crippen LogP contribution is -2.20. The molecule has 1 aliphatic carbocycles.